The number of benzene rings is 1. The third kappa shape index (κ3) is 12.9. The maximum Gasteiger partial charge on any atom is 0.289 e. The van der Waals surface area contributed by atoms with Crippen LogP contribution in [0.25, 0.3) is 0 Å². The van der Waals surface area contributed by atoms with Gasteiger partial charge in [-0.3, -0.25) is 4.55 Å². The Morgan fingerprint density at radius 2 is 1.86 bits per heavy atom. The van der Waals surface area contributed by atoms with E-state index < -0.39 is 22.2 Å². The fourth-order valence-corrected chi connectivity index (χ4v) is 2.69. The van der Waals surface area contributed by atoms with Crippen molar-refractivity contribution in [1.82, 2.24) is 0 Å². The van der Waals surface area contributed by atoms with Crippen LogP contribution in [0.5, 0.6) is 5.75 Å². The Balaban J connectivity index is 2.41. The number of rotatable bonds is 17. The first-order valence-corrected chi connectivity index (χ1v) is 11.1. The van der Waals surface area contributed by atoms with Crippen molar-refractivity contribution in [2.45, 2.75) is 45.1 Å². The second-order valence-electron chi connectivity index (χ2n) is 6.40. The molecule has 0 saturated carbocycles. The van der Waals surface area contributed by atoms with Gasteiger partial charge < -0.3 is 18.9 Å². The smallest absolute Gasteiger partial charge is 0.289 e. The molecule has 0 amide bonds. The van der Waals surface area contributed by atoms with E-state index in [2.05, 4.69) is 25.6 Å². The Labute approximate surface area is 168 Å². The van der Waals surface area contributed by atoms with Crippen LogP contribution >= 0.6 is 0 Å². The van der Waals surface area contributed by atoms with Crippen molar-refractivity contribution in [3.8, 4) is 5.75 Å². The van der Waals surface area contributed by atoms with Crippen molar-refractivity contribution in [1.29, 1.82) is 0 Å². The maximum atomic E-state index is 10.6. The molecular weight excluding hydrogens is 384 g/mol. The van der Waals surface area contributed by atoms with Crippen LogP contribution < -0.4 is 4.74 Å². The van der Waals surface area contributed by atoms with Gasteiger partial charge in [0.2, 0.25) is 0 Å². The van der Waals surface area contributed by atoms with Gasteiger partial charge in [-0.05, 0) is 30.5 Å². The normalized spacial score (nSPS) is 12.6. The van der Waals surface area contributed by atoms with Crippen molar-refractivity contribution in [2.75, 3.05) is 32.6 Å². The van der Waals surface area contributed by atoms with Crippen LogP contribution in [0.15, 0.2) is 36.9 Å². The highest BCUT2D eigenvalue weighted by atomic mass is 32.2. The lowest BCUT2D eigenvalue weighted by atomic mass is 10.1. The number of hydrogen-bond acceptors (Lipinski definition) is 6. The minimum atomic E-state index is -4.19. The monoisotopic (exact) mass is 416 g/mol. The molecule has 1 unspecified atom stereocenters. The zero-order valence-corrected chi connectivity index (χ0v) is 17.4. The number of hydrogen-bond donors (Lipinski definition) is 1. The summed E-state index contributed by atoms with van der Waals surface area (Å²) in [4.78, 5) is 0. The summed E-state index contributed by atoms with van der Waals surface area (Å²) in [5, 5.41) is 0. The van der Waals surface area contributed by atoms with E-state index in [1.807, 2.05) is 12.1 Å². The Bertz CT molecular complexity index is 628. The molecule has 1 aromatic rings. The number of unbranched alkanes of at least 4 members (excludes halogenated alkanes) is 3. The van der Waals surface area contributed by atoms with Crippen molar-refractivity contribution in [3.05, 3.63) is 42.5 Å². The van der Waals surface area contributed by atoms with Gasteiger partial charge in [-0.15, -0.1) is 6.58 Å². The lowest BCUT2D eigenvalue weighted by molar-refractivity contribution is -0.111. The summed E-state index contributed by atoms with van der Waals surface area (Å²) in [6.45, 7) is 6.28. The summed E-state index contributed by atoms with van der Waals surface area (Å²) in [6.07, 6.45) is 7.15. The second kappa shape index (κ2) is 14.5. The molecule has 0 fully saturated rings. The van der Waals surface area contributed by atoms with Gasteiger partial charge in [-0.2, -0.15) is 8.42 Å². The van der Waals surface area contributed by atoms with E-state index in [1.165, 1.54) is 31.2 Å². The average Bonchev–Trinajstić information content (AvgIpc) is 2.66. The van der Waals surface area contributed by atoms with Gasteiger partial charge in [0.1, 0.15) is 25.3 Å². The Hall–Kier alpha value is -1.45. The molecule has 0 aromatic heterocycles. The van der Waals surface area contributed by atoms with E-state index in [-0.39, 0.29) is 20.0 Å². The molecule has 0 aliphatic carbocycles. The van der Waals surface area contributed by atoms with E-state index >= 15 is 0 Å². The fourth-order valence-electron chi connectivity index (χ4n) is 2.41. The maximum absolute atomic E-state index is 10.6. The van der Waals surface area contributed by atoms with Crippen LogP contribution in [0, 0.1) is 0 Å². The van der Waals surface area contributed by atoms with E-state index in [9.17, 15) is 8.42 Å². The number of aryl methyl sites for hydroxylation is 1. The lowest BCUT2D eigenvalue weighted by Crippen LogP contribution is -2.28. The van der Waals surface area contributed by atoms with Crippen LogP contribution in [-0.4, -0.2) is 51.6 Å². The lowest BCUT2D eigenvalue weighted by Gasteiger charge is -2.18. The average molecular weight is 417 g/mol. The van der Waals surface area contributed by atoms with Crippen LogP contribution in [0.1, 0.15) is 38.2 Å². The molecule has 28 heavy (non-hydrogen) atoms. The molecule has 8 heteroatoms. The highest BCUT2D eigenvalue weighted by Crippen LogP contribution is 2.15. The Morgan fingerprint density at radius 3 is 2.50 bits per heavy atom. The topological polar surface area (TPSA) is 91.3 Å². The third-order valence-corrected chi connectivity index (χ3v) is 4.30. The molecule has 0 spiro atoms. The summed E-state index contributed by atoms with van der Waals surface area (Å²) in [7, 11) is -4.19. The van der Waals surface area contributed by atoms with Crippen LogP contribution in [-0.2, 0) is 30.7 Å². The van der Waals surface area contributed by atoms with E-state index in [1.54, 1.807) is 6.08 Å². The molecule has 0 heterocycles. The molecule has 7 nitrogen and oxygen atoms in total. The van der Waals surface area contributed by atoms with Gasteiger partial charge in [-0.1, -0.05) is 44.4 Å². The summed E-state index contributed by atoms with van der Waals surface area (Å²) >= 11 is 0. The van der Waals surface area contributed by atoms with Crippen molar-refractivity contribution >= 4 is 10.1 Å². The molecule has 0 radical (unpaired) electrons. The summed E-state index contributed by atoms with van der Waals surface area (Å²) in [6, 6.07) is 7.96. The van der Waals surface area contributed by atoms with Gasteiger partial charge >= 0.3 is 0 Å². The zero-order chi connectivity index (χ0) is 20.7. The highest BCUT2D eigenvalue weighted by Gasteiger charge is 2.12. The van der Waals surface area contributed by atoms with Gasteiger partial charge in [0, 0.05) is 0 Å². The van der Waals surface area contributed by atoms with E-state index in [0.29, 0.717) is 12.4 Å². The van der Waals surface area contributed by atoms with Crippen molar-refractivity contribution < 1.29 is 31.9 Å². The van der Waals surface area contributed by atoms with Gasteiger partial charge in [0.15, 0.2) is 5.94 Å². The first kappa shape index (κ1) is 24.6. The largest absolute Gasteiger partial charge is 0.491 e. The van der Waals surface area contributed by atoms with E-state index in [0.717, 1.165) is 6.42 Å². The minimum absolute atomic E-state index is 0.211. The molecular formula is C20H32O7S. The molecule has 160 valence electrons. The van der Waals surface area contributed by atoms with Gasteiger partial charge in [0.05, 0.1) is 13.2 Å². The Morgan fingerprint density at radius 1 is 1.11 bits per heavy atom. The van der Waals surface area contributed by atoms with Gasteiger partial charge in [0.25, 0.3) is 10.1 Å². The molecule has 1 atom stereocenters. The SMILES string of the molecule is C=CCOCC(COc1ccc(CCCCCC)cc1)OCOCS(=O)(=O)O. The summed E-state index contributed by atoms with van der Waals surface area (Å²) < 4.78 is 51.2. The molecule has 1 rings (SSSR count). The quantitative estimate of drug-likeness (QED) is 0.180. The van der Waals surface area contributed by atoms with Gasteiger partial charge in [-0.25, -0.2) is 0 Å². The molecule has 0 aliphatic rings. The first-order valence-electron chi connectivity index (χ1n) is 9.49. The summed E-state index contributed by atoms with van der Waals surface area (Å²) in [5.74, 6) is -0.109. The molecule has 0 bridgehead atoms. The molecule has 1 aromatic carbocycles. The highest BCUT2D eigenvalue weighted by molar-refractivity contribution is 7.85. The van der Waals surface area contributed by atoms with Crippen molar-refractivity contribution in [2.24, 2.45) is 0 Å². The number of ether oxygens (including phenoxy) is 4. The van der Waals surface area contributed by atoms with Crippen LogP contribution in [0.4, 0.5) is 0 Å². The second-order valence-corrected chi connectivity index (χ2v) is 7.80. The first-order chi connectivity index (χ1) is 13.4. The molecule has 1 N–H and O–H groups in total. The standard InChI is InChI=1S/C20H32O7S/c1-3-5-6-7-8-18-9-11-19(12-10-18)26-15-20(14-24-13-4-2)27-16-25-17-28(21,22)23/h4,9-12,20H,2-3,5-8,13-17H2,1H3,(H,21,22,23). The Kier molecular flexibility index (Phi) is 12.8. The van der Waals surface area contributed by atoms with Crippen LogP contribution in [0.3, 0.4) is 0 Å². The van der Waals surface area contributed by atoms with E-state index in [4.69, 9.17) is 23.5 Å². The predicted octanol–water partition coefficient (Wildman–Crippen LogP) is 3.60. The molecule has 0 aliphatic heterocycles. The summed E-state index contributed by atoms with van der Waals surface area (Å²) in [5.41, 5.74) is 1.28. The molecule has 0 saturated heterocycles. The zero-order valence-electron chi connectivity index (χ0n) is 16.5. The minimum Gasteiger partial charge on any atom is -0.491 e. The van der Waals surface area contributed by atoms with Crippen molar-refractivity contribution in [3.63, 3.8) is 0 Å². The van der Waals surface area contributed by atoms with Crippen LogP contribution in [0.2, 0.25) is 0 Å². The fraction of sp³-hybridized carbons (Fsp3) is 0.600. The predicted molar refractivity (Wildman–Crippen MR) is 108 cm³/mol. The third-order valence-electron chi connectivity index (χ3n) is 3.84.